The van der Waals surface area contributed by atoms with Gasteiger partial charge in [-0.15, -0.1) is 0 Å². The number of amides is 1. The van der Waals surface area contributed by atoms with Crippen LogP contribution in [0.15, 0.2) is 48.0 Å². The average Bonchev–Trinajstić information content (AvgIpc) is 2.64. The predicted octanol–water partition coefficient (Wildman–Crippen LogP) is 3.75. The lowest BCUT2D eigenvalue weighted by atomic mass is 10.1. The van der Waals surface area contributed by atoms with E-state index in [2.05, 4.69) is 5.32 Å². The molecule has 0 saturated heterocycles. The van der Waals surface area contributed by atoms with Crippen LogP contribution in [0.4, 0.5) is 14.5 Å². The fraction of sp³-hybridized carbons (Fsp3) is 0.150. The van der Waals surface area contributed by atoms with Gasteiger partial charge in [-0.1, -0.05) is 29.8 Å². The second-order valence-corrected chi connectivity index (χ2v) is 5.74. The maximum absolute atomic E-state index is 13.6. The third-order valence-corrected chi connectivity index (χ3v) is 3.57. The van der Waals surface area contributed by atoms with Crippen LogP contribution in [0.2, 0.25) is 0 Å². The molecular formula is C20H16F2N2O3. The van der Waals surface area contributed by atoms with Gasteiger partial charge in [-0.05, 0) is 37.6 Å². The van der Waals surface area contributed by atoms with E-state index in [9.17, 15) is 18.4 Å². The first-order chi connectivity index (χ1) is 12.8. The average molecular weight is 370 g/mol. The number of hydrogen-bond acceptors (Lipinski definition) is 4. The number of aryl methyl sites for hydroxylation is 1. The van der Waals surface area contributed by atoms with Crippen LogP contribution in [-0.2, 0) is 14.3 Å². The van der Waals surface area contributed by atoms with E-state index in [1.54, 1.807) is 18.2 Å². The number of rotatable bonds is 5. The quantitative estimate of drug-likeness (QED) is 0.494. The number of carbonyl (C=O) groups is 2. The Labute approximate surface area is 154 Å². The van der Waals surface area contributed by atoms with Crippen LogP contribution in [0.1, 0.15) is 18.1 Å². The van der Waals surface area contributed by atoms with Gasteiger partial charge in [0, 0.05) is 6.07 Å². The number of nitriles is 1. The molecule has 0 saturated carbocycles. The molecule has 0 bridgehead atoms. The van der Waals surface area contributed by atoms with Crippen molar-refractivity contribution < 1.29 is 23.1 Å². The molecule has 0 spiro atoms. The lowest BCUT2D eigenvalue weighted by Gasteiger charge is -2.13. The number of nitrogens with one attached hydrogen (secondary N) is 1. The van der Waals surface area contributed by atoms with Gasteiger partial charge in [-0.25, -0.2) is 13.6 Å². The third kappa shape index (κ3) is 5.47. The van der Waals surface area contributed by atoms with Gasteiger partial charge in [0.25, 0.3) is 5.91 Å². The topological polar surface area (TPSA) is 79.2 Å². The summed E-state index contributed by atoms with van der Waals surface area (Å²) in [7, 11) is 0. The molecule has 7 heteroatoms. The number of halogens is 2. The second kappa shape index (κ2) is 8.72. The first-order valence-corrected chi connectivity index (χ1v) is 7.95. The number of benzene rings is 2. The molecule has 2 aromatic rings. The highest BCUT2D eigenvalue weighted by atomic mass is 19.1. The molecule has 0 aliphatic carbocycles. The number of nitrogens with zero attached hydrogens (tertiary/aromatic N) is 1. The molecule has 1 amide bonds. The van der Waals surface area contributed by atoms with Gasteiger partial charge in [0.2, 0.25) is 0 Å². The molecule has 1 atom stereocenters. The first kappa shape index (κ1) is 19.8. The van der Waals surface area contributed by atoms with Crippen LogP contribution in [0.25, 0.3) is 6.08 Å². The Kier molecular flexibility index (Phi) is 6.39. The molecule has 0 aliphatic heterocycles. The Bertz CT molecular complexity index is 931. The first-order valence-electron chi connectivity index (χ1n) is 7.95. The van der Waals surface area contributed by atoms with Crippen LogP contribution in [0, 0.1) is 29.9 Å². The zero-order chi connectivity index (χ0) is 20.0. The highest BCUT2D eigenvalue weighted by Gasteiger charge is 2.21. The van der Waals surface area contributed by atoms with Gasteiger partial charge in [-0.3, -0.25) is 4.79 Å². The summed E-state index contributed by atoms with van der Waals surface area (Å²) in [4.78, 5) is 24.1. The van der Waals surface area contributed by atoms with Gasteiger partial charge in [-0.2, -0.15) is 5.26 Å². The number of esters is 1. The smallest absolute Gasteiger partial charge is 0.349 e. The molecule has 27 heavy (non-hydrogen) atoms. The van der Waals surface area contributed by atoms with E-state index in [0.717, 1.165) is 23.8 Å². The number of carbonyl (C=O) groups excluding carboxylic acids is 2. The molecule has 0 unspecified atom stereocenters. The fourth-order valence-electron chi connectivity index (χ4n) is 2.07. The molecule has 2 aromatic carbocycles. The Balaban J connectivity index is 2.06. The Morgan fingerprint density at radius 1 is 1.19 bits per heavy atom. The molecular weight excluding hydrogens is 354 g/mol. The van der Waals surface area contributed by atoms with Crippen molar-refractivity contribution in [3.8, 4) is 6.07 Å². The second-order valence-electron chi connectivity index (χ2n) is 5.74. The summed E-state index contributed by atoms with van der Waals surface area (Å²) >= 11 is 0. The number of ether oxygens (including phenoxy) is 1. The number of hydrogen-bond donors (Lipinski definition) is 1. The van der Waals surface area contributed by atoms with E-state index in [1.807, 2.05) is 19.1 Å². The minimum Gasteiger partial charge on any atom is -0.448 e. The summed E-state index contributed by atoms with van der Waals surface area (Å²) in [5.74, 6) is -3.43. The Morgan fingerprint density at radius 3 is 2.48 bits per heavy atom. The van der Waals surface area contributed by atoms with E-state index in [-0.39, 0.29) is 11.3 Å². The van der Waals surface area contributed by atoms with Gasteiger partial charge in [0.05, 0.1) is 5.69 Å². The molecule has 0 fully saturated rings. The SMILES string of the molecule is Cc1ccc(/C=C(\C#N)C(=O)O[C@@H](C)C(=O)Nc2cc(F)ccc2F)cc1. The van der Waals surface area contributed by atoms with Gasteiger partial charge in [0.1, 0.15) is 23.3 Å². The minimum absolute atomic E-state index is 0.296. The van der Waals surface area contributed by atoms with Crippen molar-refractivity contribution in [1.29, 1.82) is 5.26 Å². The summed E-state index contributed by atoms with van der Waals surface area (Å²) in [5, 5.41) is 11.3. The van der Waals surface area contributed by atoms with Crippen molar-refractivity contribution in [1.82, 2.24) is 0 Å². The van der Waals surface area contributed by atoms with Gasteiger partial charge >= 0.3 is 5.97 Å². The fourth-order valence-corrected chi connectivity index (χ4v) is 2.07. The predicted molar refractivity (Wildman–Crippen MR) is 95.3 cm³/mol. The standard InChI is InChI=1S/C20H16F2N2O3/c1-12-3-5-14(6-4-12)9-15(11-23)20(26)27-13(2)19(25)24-18-10-16(21)7-8-17(18)22/h3-10,13H,1-2H3,(H,24,25)/b15-9+/t13-/m0/s1. The van der Waals surface area contributed by atoms with Crippen LogP contribution >= 0.6 is 0 Å². The van der Waals surface area contributed by atoms with E-state index in [0.29, 0.717) is 5.56 Å². The zero-order valence-electron chi connectivity index (χ0n) is 14.6. The van der Waals surface area contributed by atoms with E-state index in [4.69, 9.17) is 10.00 Å². The van der Waals surface area contributed by atoms with E-state index in [1.165, 1.54) is 13.0 Å². The van der Waals surface area contributed by atoms with Crippen molar-refractivity contribution >= 4 is 23.6 Å². The van der Waals surface area contributed by atoms with Crippen LogP contribution in [-0.4, -0.2) is 18.0 Å². The maximum Gasteiger partial charge on any atom is 0.349 e. The third-order valence-electron chi connectivity index (χ3n) is 3.57. The molecule has 0 heterocycles. The highest BCUT2D eigenvalue weighted by molar-refractivity contribution is 6.01. The van der Waals surface area contributed by atoms with Crippen molar-refractivity contribution in [2.45, 2.75) is 20.0 Å². The van der Waals surface area contributed by atoms with Crippen molar-refractivity contribution in [3.05, 3.63) is 70.8 Å². The van der Waals surface area contributed by atoms with Crippen LogP contribution in [0.5, 0.6) is 0 Å². The Hall–Kier alpha value is -3.53. The molecule has 0 radical (unpaired) electrons. The number of anilines is 1. The van der Waals surface area contributed by atoms with E-state index >= 15 is 0 Å². The van der Waals surface area contributed by atoms with Crippen LogP contribution < -0.4 is 5.32 Å². The van der Waals surface area contributed by atoms with Crippen LogP contribution in [0.3, 0.4) is 0 Å². The lowest BCUT2D eigenvalue weighted by molar-refractivity contribution is -0.148. The summed E-state index contributed by atoms with van der Waals surface area (Å²) in [6, 6.07) is 11.4. The monoisotopic (exact) mass is 370 g/mol. The molecule has 2 rings (SSSR count). The summed E-state index contributed by atoms with van der Waals surface area (Å²) < 4.78 is 31.7. The van der Waals surface area contributed by atoms with Gasteiger partial charge in [0.15, 0.2) is 6.10 Å². The highest BCUT2D eigenvalue weighted by Crippen LogP contribution is 2.16. The maximum atomic E-state index is 13.6. The molecule has 1 N–H and O–H groups in total. The van der Waals surface area contributed by atoms with Crippen molar-refractivity contribution in [3.63, 3.8) is 0 Å². The zero-order valence-corrected chi connectivity index (χ0v) is 14.6. The summed E-state index contributed by atoms with van der Waals surface area (Å²) in [6.07, 6.45) is 0.00785. The normalized spacial score (nSPS) is 12.0. The molecule has 5 nitrogen and oxygen atoms in total. The molecule has 0 aromatic heterocycles. The minimum atomic E-state index is -1.32. The van der Waals surface area contributed by atoms with E-state index < -0.39 is 29.6 Å². The lowest BCUT2D eigenvalue weighted by Crippen LogP contribution is -2.30. The largest absolute Gasteiger partial charge is 0.448 e. The van der Waals surface area contributed by atoms with Crippen molar-refractivity contribution in [2.24, 2.45) is 0 Å². The summed E-state index contributed by atoms with van der Waals surface area (Å²) in [5.41, 5.74) is 0.963. The molecule has 0 aliphatic rings. The Morgan fingerprint density at radius 2 is 1.85 bits per heavy atom. The van der Waals surface area contributed by atoms with Crippen molar-refractivity contribution in [2.75, 3.05) is 5.32 Å². The van der Waals surface area contributed by atoms with Gasteiger partial charge < -0.3 is 10.1 Å². The summed E-state index contributed by atoms with van der Waals surface area (Å²) in [6.45, 7) is 3.15. The molecule has 138 valence electrons.